The third kappa shape index (κ3) is 5.84. The highest BCUT2D eigenvalue weighted by molar-refractivity contribution is 7.89. The largest absolute Gasteiger partial charge is 0.279 e. The molecule has 2 aromatic heterocycles. The van der Waals surface area contributed by atoms with E-state index < -0.39 is 27.6 Å². The van der Waals surface area contributed by atoms with Gasteiger partial charge in [-0.3, -0.25) is 14.7 Å². The molecule has 1 amide bonds. The molecule has 0 unspecified atom stereocenters. The van der Waals surface area contributed by atoms with Crippen LogP contribution >= 0.6 is 11.3 Å². The molecular formula is C26H26F2N4O3S2. The second kappa shape index (κ2) is 11.4. The van der Waals surface area contributed by atoms with Crippen molar-refractivity contribution in [1.29, 1.82) is 0 Å². The van der Waals surface area contributed by atoms with Gasteiger partial charge in [-0.1, -0.05) is 37.7 Å². The van der Waals surface area contributed by atoms with Crippen molar-refractivity contribution < 1.29 is 22.0 Å². The maximum absolute atomic E-state index is 14.3. The molecule has 0 spiro atoms. The fourth-order valence-corrected chi connectivity index (χ4v) is 6.31. The molecule has 0 aliphatic carbocycles. The zero-order chi connectivity index (χ0) is 26.6. The van der Waals surface area contributed by atoms with Crippen LogP contribution in [0, 0.1) is 11.6 Å². The van der Waals surface area contributed by atoms with Gasteiger partial charge in [0, 0.05) is 37.1 Å². The van der Waals surface area contributed by atoms with E-state index in [-0.39, 0.29) is 32.4 Å². The van der Waals surface area contributed by atoms with Crippen molar-refractivity contribution in [2.45, 2.75) is 38.1 Å². The number of amides is 1. The third-order valence-electron chi connectivity index (χ3n) is 5.79. The lowest BCUT2D eigenvalue weighted by atomic mass is 10.2. The number of aromatic nitrogens is 2. The molecule has 194 valence electrons. The van der Waals surface area contributed by atoms with Gasteiger partial charge >= 0.3 is 0 Å². The van der Waals surface area contributed by atoms with Crippen LogP contribution in [-0.4, -0.2) is 41.7 Å². The van der Waals surface area contributed by atoms with E-state index in [1.807, 2.05) is 6.92 Å². The Balaban J connectivity index is 1.69. The molecule has 0 saturated carbocycles. The van der Waals surface area contributed by atoms with Crippen molar-refractivity contribution in [3.63, 3.8) is 0 Å². The van der Waals surface area contributed by atoms with Crippen LogP contribution in [0.2, 0.25) is 0 Å². The molecule has 0 fully saturated rings. The van der Waals surface area contributed by atoms with Crippen LogP contribution in [0.3, 0.4) is 0 Å². The summed E-state index contributed by atoms with van der Waals surface area (Å²) < 4.78 is 55.9. The number of rotatable bonds is 10. The Morgan fingerprint density at radius 1 is 1.08 bits per heavy atom. The number of unbranched alkanes of at least 4 members (excludes halogenated alkanes) is 1. The predicted molar refractivity (Wildman–Crippen MR) is 140 cm³/mol. The van der Waals surface area contributed by atoms with E-state index in [4.69, 9.17) is 0 Å². The Morgan fingerprint density at radius 3 is 2.49 bits per heavy atom. The van der Waals surface area contributed by atoms with Crippen LogP contribution in [0.1, 0.15) is 42.6 Å². The molecule has 0 aliphatic heterocycles. The number of carbonyl (C=O) groups is 1. The molecule has 0 N–H and O–H groups in total. The first-order valence-electron chi connectivity index (χ1n) is 11.8. The van der Waals surface area contributed by atoms with Crippen LogP contribution in [0.5, 0.6) is 0 Å². The minimum absolute atomic E-state index is 0.0291. The van der Waals surface area contributed by atoms with Crippen LogP contribution in [-0.2, 0) is 16.6 Å². The van der Waals surface area contributed by atoms with Crippen molar-refractivity contribution >= 4 is 42.6 Å². The topological polar surface area (TPSA) is 83.5 Å². The van der Waals surface area contributed by atoms with E-state index >= 15 is 0 Å². The molecule has 11 heteroatoms. The molecule has 2 aromatic carbocycles. The second-order valence-corrected chi connectivity index (χ2v) is 11.3. The van der Waals surface area contributed by atoms with Gasteiger partial charge in [-0.25, -0.2) is 22.2 Å². The first-order valence-corrected chi connectivity index (χ1v) is 14.1. The van der Waals surface area contributed by atoms with Gasteiger partial charge in [0.15, 0.2) is 10.9 Å². The highest BCUT2D eigenvalue weighted by Gasteiger charge is 2.26. The Morgan fingerprint density at radius 2 is 1.84 bits per heavy atom. The van der Waals surface area contributed by atoms with Crippen molar-refractivity contribution in [1.82, 2.24) is 14.3 Å². The Labute approximate surface area is 218 Å². The Hall–Kier alpha value is -3.28. The number of anilines is 1. The van der Waals surface area contributed by atoms with E-state index in [0.29, 0.717) is 18.7 Å². The van der Waals surface area contributed by atoms with Crippen LogP contribution in [0.15, 0.2) is 65.8 Å². The molecule has 0 saturated heterocycles. The molecule has 2 heterocycles. The van der Waals surface area contributed by atoms with Crippen LogP contribution < -0.4 is 4.90 Å². The fourth-order valence-electron chi connectivity index (χ4n) is 3.82. The molecule has 37 heavy (non-hydrogen) atoms. The molecule has 0 aliphatic rings. The van der Waals surface area contributed by atoms with Gasteiger partial charge in [-0.2, -0.15) is 4.31 Å². The minimum atomic E-state index is -3.70. The maximum atomic E-state index is 14.3. The minimum Gasteiger partial charge on any atom is -0.279 e. The number of hydrogen-bond donors (Lipinski definition) is 0. The van der Waals surface area contributed by atoms with Gasteiger partial charge in [0.2, 0.25) is 10.0 Å². The SMILES string of the molecule is CCCCN(CC)S(=O)(=O)c1ccc(C(=O)N(Cc2cccnc2)c2nc3c(F)cc(F)cc3s2)cc1. The molecule has 7 nitrogen and oxygen atoms in total. The lowest BCUT2D eigenvalue weighted by Crippen LogP contribution is -2.32. The summed E-state index contributed by atoms with van der Waals surface area (Å²) in [5.41, 5.74) is 0.902. The lowest BCUT2D eigenvalue weighted by molar-refractivity contribution is 0.0985. The van der Waals surface area contributed by atoms with E-state index in [1.54, 1.807) is 31.5 Å². The first kappa shape index (κ1) is 26.8. The molecule has 0 radical (unpaired) electrons. The summed E-state index contributed by atoms with van der Waals surface area (Å²) in [4.78, 5) is 23.4. The Bertz CT molecular complexity index is 1490. The number of benzene rings is 2. The lowest BCUT2D eigenvalue weighted by Gasteiger charge is -2.21. The van der Waals surface area contributed by atoms with Crippen molar-refractivity contribution in [2.24, 2.45) is 0 Å². The van der Waals surface area contributed by atoms with Gasteiger partial charge in [0.05, 0.1) is 16.1 Å². The third-order valence-corrected chi connectivity index (χ3v) is 8.81. The molecule has 0 atom stereocenters. The number of hydrogen-bond acceptors (Lipinski definition) is 6. The number of pyridine rings is 1. The Kier molecular flexibility index (Phi) is 8.25. The summed E-state index contributed by atoms with van der Waals surface area (Å²) >= 11 is 0.989. The molecule has 4 aromatic rings. The second-order valence-electron chi connectivity index (χ2n) is 8.36. The summed E-state index contributed by atoms with van der Waals surface area (Å²) in [6, 6.07) is 11.1. The summed E-state index contributed by atoms with van der Waals surface area (Å²) in [7, 11) is -3.70. The highest BCUT2D eigenvalue weighted by Crippen LogP contribution is 2.33. The van der Waals surface area contributed by atoms with E-state index in [0.717, 1.165) is 30.2 Å². The van der Waals surface area contributed by atoms with E-state index in [9.17, 15) is 22.0 Å². The quantitative estimate of drug-likeness (QED) is 0.259. The molecular weight excluding hydrogens is 518 g/mol. The normalized spacial score (nSPS) is 11.8. The molecule has 4 rings (SSSR count). The van der Waals surface area contributed by atoms with E-state index in [1.165, 1.54) is 39.5 Å². The van der Waals surface area contributed by atoms with Gasteiger partial charge < -0.3 is 0 Å². The summed E-state index contributed by atoms with van der Waals surface area (Å²) in [6.45, 7) is 4.63. The predicted octanol–water partition coefficient (Wildman–Crippen LogP) is 5.63. The van der Waals surface area contributed by atoms with Gasteiger partial charge in [-0.15, -0.1) is 0 Å². The zero-order valence-electron chi connectivity index (χ0n) is 20.4. The van der Waals surface area contributed by atoms with Crippen LogP contribution in [0.4, 0.5) is 13.9 Å². The standard InChI is InChI=1S/C26H26F2N4O3S2/c1-3-5-13-31(4-2)37(34,35)21-10-8-19(9-11-21)25(33)32(17-18-7-6-12-29-16-18)26-30-24-22(28)14-20(27)15-23(24)36-26/h6-12,14-16H,3-5,13,17H2,1-2H3. The number of halogens is 2. The number of carbonyl (C=O) groups excluding carboxylic acids is 1. The average Bonchev–Trinajstić information content (AvgIpc) is 3.32. The van der Waals surface area contributed by atoms with Gasteiger partial charge in [0.1, 0.15) is 11.3 Å². The number of thiazole rings is 1. The highest BCUT2D eigenvalue weighted by atomic mass is 32.2. The summed E-state index contributed by atoms with van der Waals surface area (Å²) in [5.74, 6) is -2.02. The smallest absolute Gasteiger partial charge is 0.260 e. The monoisotopic (exact) mass is 544 g/mol. The van der Waals surface area contributed by atoms with Crippen molar-refractivity contribution in [3.8, 4) is 0 Å². The summed E-state index contributed by atoms with van der Waals surface area (Å²) in [5, 5.41) is 0.182. The van der Waals surface area contributed by atoms with E-state index in [2.05, 4.69) is 9.97 Å². The van der Waals surface area contributed by atoms with Crippen molar-refractivity contribution in [2.75, 3.05) is 18.0 Å². The molecule has 0 bridgehead atoms. The maximum Gasteiger partial charge on any atom is 0.260 e. The van der Waals surface area contributed by atoms with Crippen LogP contribution in [0.25, 0.3) is 10.2 Å². The summed E-state index contributed by atoms with van der Waals surface area (Å²) in [6.07, 6.45) is 4.82. The zero-order valence-corrected chi connectivity index (χ0v) is 22.0. The van der Waals surface area contributed by atoms with Gasteiger partial charge in [-0.05, 0) is 48.4 Å². The average molecular weight is 545 g/mol. The number of sulfonamides is 1. The fraction of sp³-hybridized carbons (Fsp3) is 0.269. The number of fused-ring (bicyclic) bond motifs is 1. The van der Waals surface area contributed by atoms with Gasteiger partial charge in [0.25, 0.3) is 5.91 Å². The van der Waals surface area contributed by atoms with Crippen molar-refractivity contribution in [3.05, 3.63) is 83.7 Å². The number of nitrogens with zero attached hydrogens (tertiary/aromatic N) is 4. The first-order chi connectivity index (χ1) is 17.7.